The number of carbonyl (C=O) groups is 4. The van der Waals surface area contributed by atoms with Crippen LogP contribution in [0.1, 0.15) is 516 Å². The molecule has 113 heavy (non-hydrogen) atoms. The average molecular weight is 1650 g/mol. The summed E-state index contributed by atoms with van der Waals surface area (Å²) in [5.74, 6) is -1.22. The van der Waals surface area contributed by atoms with Gasteiger partial charge in [0, 0.05) is 25.7 Å². The molecule has 0 heterocycles. The van der Waals surface area contributed by atoms with Gasteiger partial charge in [0.2, 0.25) is 0 Å². The van der Waals surface area contributed by atoms with Crippen molar-refractivity contribution in [2.24, 2.45) is 5.92 Å². The number of aliphatic hydroxyl groups is 1. The maximum atomic E-state index is 13.2. The van der Waals surface area contributed by atoms with Gasteiger partial charge in [0.15, 0.2) is 12.2 Å². The van der Waals surface area contributed by atoms with Crippen molar-refractivity contribution in [1.82, 2.24) is 0 Å². The Morgan fingerprint density at radius 3 is 0.628 bits per heavy atom. The minimum absolute atomic E-state index is 0.110. The molecule has 0 bridgehead atoms. The van der Waals surface area contributed by atoms with E-state index in [1.54, 1.807) is 0 Å². The zero-order valence-corrected chi connectivity index (χ0v) is 76.3. The highest BCUT2D eigenvalue weighted by Gasteiger charge is 2.31. The van der Waals surface area contributed by atoms with Crippen molar-refractivity contribution < 1.29 is 80.2 Å². The molecule has 0 rings (SSSR count). The van der Waals surface area contributed by atoms with Gasteiger partial charge in [-0.2, -0.15) is 0 Å². The highest BCUT2D eigenvalue weighted by atomic mass is 31.2. The highest BCUT2D eigenvalue weighted by Crippen LogP contribution is 2.45. The lowest BCUT2D eigenvalue weighted by molar-refractivity contribution is -0.161. The van der Waals surface area contributed by atoms with Crippen LogP contribution in [-0.4, -0.2) is 96.7 Å². The van der Waals surface area contributed by atoms with Crippen LogP contribution in [0.5, 0.6) is 0 Å². The van der Waals surface area contributed by atoms with Crippen molar-refractivity contribution in [3.63, 3.8) is 0 Å². The lowest BCUT2D eigenvalue weighted by Gasteiger charge is -2.21. The maximum Gasteiger partial charge on any atom is 0.472 e. The monoisotopic (exact) mass is 1650 g/mol. The molecule has 0 saturated heterocycles. The summed E-state index contributed by atoms with van der Waals surface area (Å²) in [6.45, 7) is 7.48. The van der Waals surface area contributed by atoms with Gasteiger partial charge in [-0.1, -0.05) is 465 Å². The zero-order chi connectivity index (χ0) is 82.6. The number of unbranched alkanes of at least 4 members (excludes halogenated alkanes) is 65. The summed E-state index contributed by atoms with van der Waals surface area (Å²) in [5, 5.41) is 10.7. The molecular weight excluding hydrogens is 1460 g/mol. The summed E-state index contributed by atoms with van der Waals surface area (Å²) in [7, 11) is -9.94. The lowest BCUT2D eigenvalue weighted by Crippen LogP contribution is -2.30. The minimum Gasteiger partial charge on any atom is -0.462 e. The van der Waals surface area contributed by atoms with Crippen LogP contribution in [0.15, 0.2) is 0 Å². The van der Waals surface area contributed by atoms with Crippen molar-refractivity contribution in [2.75, 3.05) is 39.6 Å². The van der Waals surface area contributed by atoms with Crippen LogP contribution >= 0.6 is 15.6 Å². The summed E-state index contributed by atoms with van der Waals surface area (Å²) in [5.41, 5.74) is 0. The van der Waals surface area contributed by atoms with Gasteiger partial charge in [-0.05, 0) is 31.6 Å². The van der Waals surface area contributed by atoms with Crippen LogP contribution in [0.2, 0.25) is 0 Å². The van der Waals surface area contributed by atoms with Crippen LogP contribution in [0.25, 0.3) is 0 Å². The molecule has 672 valence electrons. The SMILES string of the molecule is CCCCCCCCCCCCCCCCCCCCCCCC(=O)OC[C@H](COP(=O)(O)OC[C@@H](O)COP(=O)(O)OC[C@@H](COC(=O)CCCCCCCCCCCCC)OC(=O)CCCCCCCCCCCCCCCCCCCCC)OC(=O)CCCCCCCCCCCCCCCCCCCCC(C)CC. The third kappa shape index (κ3) is 86.3. The number of carbonyl (C=O) groups excluding carboxylic acids is 4. The Morgan fingerprint density at radius 2 is 0.425 bits per heavy atom. The van der Waals surface area contributed by atoms with E-state index in [9.17, 15) is 43.2 Å². The van der Waals surface area contributed by atoms with Gasteiger partial charge >= 0.3 is 39.5 Å². The summed E-state index contributed by atoms with van der Waals surface area (Å²) < 4.78 is 69.1. The van der Waals surface area contributed by atoms with E-state index in [0.29, 0.717) is 25.7 Å². The van der Waals surface area contributed by atoms with Gasteiger partial charge in [0.25, 0.3) is 0 Å². The van der Waals surface area contributed by atoms with Gasteiger partial charge < -0.3 is 33.8 Å². The number of phosphoric acid groups is 2. The van der Waals surface area contributed by atoms with E-state index in [-0.39, 0.29) is 25.7 Å². The van der Waals surface area contributed by atoms with E-state index < -0.39 is 97.5 Å². The second-order valence-corrected chi connectivity index (χ2v) is 36.9. The van der Waals surface area contributed by atoms with Crippen molar-refractivity contribution in [3.8, 4) is 0 Å². The Kier molecular flexibility index (Phi) is 85.0. The molecule has 3 unspecified atom stereocenters. The molecule has 0 saturated carbocycles. The minimum atomic E-state index is -4.97. The standard InChI is InChI=1S/C94H184O17P2/c1-6-10-13-16-19-22-25-27-29-31-33-34-36-40-44-48-53-58-63-68-73-78-92(97)105-84-90(111-94(99)80-75-70-65-60-55-50-46-42-38-37-39-43-47-52-56-61-66-71-76-87(5)9-4)86-109-113(102,103)107-82-88(95)81-106-112(100,101)108-85-89(83-104-91(96)77-72-67-62-57-51-24-21-18-15-12-8-3)110-93(98)79-74-69-64-59-54-49-45-41-35-32-30-28-26-23-20-17-14-11-7-2/h87-90,95H,6-86H2,1-5H3,(H,100,101)(H,102,103)/t87?,88-,89+,90+/m0/s1. The van der Waals surface area contributed by atoms with Gasteiger partial charge in [-0.3, -0.25) is 37.3 Å². The van der Waals surface area contributed by atoms with E-state index in [0.717, 1.165) is 95.8 Å². The van der Waals surface area contributed by atoms with E-state index in [2.05, 4.69) is 34.6 Å². The number of rotatable bonds is 94. The van der Waals surface area contributed by atoms with Crippen LogP contribution < -0.4 is 0 Å². The number of ether oxygens (including phenoxy) is 4. The molecule has 0 spiro atoms. The maximum absolute atomic E-state index is 13.2. The van der Waals surface area contributed by atoms with Crippen LogP contribution in [0, 0.1) is 5.92 Å². The van der Waals surface area contributed by atoms with E-state index >= 15 is 0 Å². The number of esters is 4. The summed E-state index contributed by atoms with van der Waals surface area (Å²) in [4.78, 5) is 73.5. The second-order valence-electron chi connectivity index (χ2n) is 34.0. The van der Waals surface area contributed by atoms with E-state index in [4.69, 9.17) is 37.0 Å². The molecule has 0 aliphatic rings. The van der Waals surface area contributed by atoms with Gasteiger partial charge in [-0.15, -0.1) is 0 Å². The molecule has 0 aromatic carbocycles. The number of phosphoric ester groups is 2. The predicted molar refractivity (Wildman–Crippen MR) is 469 cm³/mol. The Labute approximate surface area is 696 Å². The van der Waals surface area contributed by atoms with Crippen molar-refractivity contribution >= 4 is 39.5 Å². The Hall–Kier alpha value is -1.94. The van der Waals surface area contributed by atoms with E-state index in [1.807, 2.05) is 0 Å². The Bertz CT molecular complexity index is 2140. The van der Waals surface area contributed by atoms with Crippen molar-refractivity contribution in [1.29, 1.82) is 0 Å². The molecule has 3 N–H and O–H groups in total. The third-order valence-electron chi connectivity index (χ3n) is 22.6. The van der Waals surface area contributed by atoms with Crippen LogP contribution in [-0.2, 0) is 65.4 Å². The summed E-state index contributed by atoms with van der Waals surface area (Å²) >= 11 is 0. The molecular formula is C94H184O17P2. The fourth-order valence-corrected chi connectivity index (χ4v) is 16.4. The molecule has 0 amide bonds. The summed E-state index contributed by atoms with van der Waals surface area (Å²) in [6.07, 6.45) is 83.4. The molecule has 0 aliphatic heterocycles. The zero-order valence-electron chi connectivity index (χ0n) is 74.5. The number of hydrogen-bond donors (Lipinski definition) is 3. The van der Waals surface area contributed by atoms with Gasteiger partial charge in [-0.25, -0.2) is 9.13 Å². The first-order valence-electron chi connectivity index (χ1n) is 48.7. The molecule has 0 aromatic rings. The average Bonchev–Trinajstić information content (AvgIpc) is 0.899. The largest absolute Gasteiger partial charge is 0.472 e. The molecule has 0 radical (unpaired) electrons. The molecule has 0 aliphatic carbocycles. The van der Waals surface area contributed by atoms with Gasteiger partial charge in [0.05, 0.1) is 26.4 Å². The van der Waals surface area contributed by atoms with Crippen LogP contribution in [0.3, 0.4) is 0 Å². The number of hydrogen-bond acceptors (Lipinski definition) is 15. The van der Waals surface area contributed by atoms with Gasteiger partial charge in [0.1, 0.15) is 19.3 Å². The summed E-state index contributed by atoms with van der Waals surface area (Å²) in [6, 6.07) is 0. The molecule has 17 nitrogen and oxygen atoms in total. The van der Waals surface area contributed by atoms with Crippen molar-refractivity contribution in [2.45, 2.75) is 534 Å². The fourth-order valence-electron chi connectivity index (χ4n) is 14.9. The fraction of sp³-hybridized carbons (Fsp3) is 0.957. The Balaban J connectivity index is 5.22. The molecule has 0 aromatic heterocycles. The predicted octanol–water partition coefficient (Wildman–Crippen LogP) is 29.5. The highest BCUT2D eigenvalue weighted by molar-refractivity contribution is 7.47. The first-order valence-corrected chi connectivity index (χ1v) is 51.7. The first-order chi connectivity index (χ1) is 55.1. The molecule has 6 atom stereocenters. The quantitative estimate of drug-likeness (QED) is 0.0222. The van der Waals surface area contributed by atoms with E-state index in [1.165, 1.54) is 340 Å². The third-order valence-corrected chi connectivity index (χ3v) is 24.5. The first kappa shape index (κ1) is 111. The second kappa shape index (κ2) is 86.4. The van der Waals surface area contributed by atoms with Crippen molar-refractivity contribution in [3.05, 3.63) is 0 Å². The smallest absolute Gasteiger partial charge is 0.462 e. The molecule has 19 heteroatoms. The van der Waals surface area contributed by atoms with Crippen LogP contribution in [0.4, 0.5) is 0 Å². The Morgan fingerprint density at radius 1 is 0.248 bits per heavy atom. The lowest BCUT2D eigenvalue weighted by atomic mass is 9.99. The number of aliphatic hydroxyl groups excluding tert-OH is 1. The molecule has 0 fully saturated rings. The normalized spacial score (nSPS) is 13.9. The topological polar surface area (TPSA) is 237 Å².